The first-order valence-electron chi connectivity index (χ1n) is 7.31. The summed E-state index contributed by atoms with van der Waals surface area (Å²) in [6.07, 6.45) is 3.84. The van der Waals surface area contributed by atoms with Crippen molar-refractivity contribution in [1.82, 2.24) is 9.97 Å². The first-order chi connectivity index (χ1) is 10.8. The molecule has 0 unspecified atom stereocenters. The number of piperazine rings is 1. The van der Waals surface area contributed by atoms with Gasteiger partial charge in [-0.3, -0.25) is 0 Å². The van der Waals surface area contributed by atoms with E-state index in [0.717, 1.165) is 42.9 Å². The number of benzene rings is 1. The minimum absolute atomic E-state index is 0.829. The molecular weight excluding hydrogens is 296 g/mol. The van der Waals surface area contributed by atoms with E-state index in [9.17, 15) is 0 Å². The van der Waals surface area contributed by atoms with Crippen LogP contribution in [0.3, 0.4) is 0 Å². The van der Waals surface area contributed by atoms with E-state index < -0.39 is 0 Å². The molecule has 116 valence electrons. The maximum Gasteiger partial charge on any atom is 0.189 e. The Bertz CT molecular complexity index is 612. The number of aromatic nitrogens is 2. The summed E-state index contributed by atoms with van der Waals surface area (Å²) in [5.41, 5.74) is 1.24. The van der Waals surface area contributed by atoms with Crippen LogP contribution in [0.25, 0.3) is 0 Å². The second kappa shape index (κ2) is 6.87. The summed E-state index contributed by atoms with van der Waals surface area (Å²) in [7, 11) is 1.69. The van der Waals surface area contributed by atoms with Crippen molar-refractivity contribution in [2.45, 2.75) is 5.16 Å². The minimum atomic E-state index is 0.829. The third-order valence-electron chi connectivity index (χ3n) is 3.84. The topological polar surface area (TPSA) is 41.5 Å². The van der Waals surface area contributed by atoms with Gasteiger partial charge in [0.1, 0.15) is 11.6 Å². The molecule has 0 N–H and O–H groups in total. The summed E-state index contributed by atoms with van der Waals surface area (Å²) in [5.74, 6) is 1.92. The van der Waals surface area contributed by atoms with E-state index in [1.165, 1.54) is 5.69 Å². The molecule has 1 aromatic carbocycles. The Balaban J connectivity index is 1.64. The van der Waals surface area contributed by atoms with E-state index in [0.29, 0.717) is 0 Å². The lowest BCUT2D eigenvalue weighted by atomic mass is 10.2. The van der Waals surface area contributed by atoms with Crippen LogP contribution in [0.5, 0.6) is 5.75 Å². The van der Waals surface area contributed by atoms with E-state index in [4.69, 9.17) is 4.74 Å². The van der Waals surface area contributed by atoms with Crippen LogP contribution < -0.4 is 14.5 Å². The predicted molar refractivity (Wildman–Crippen MR) is 91.2 cm³/mol. The highest BCUT2D eigenvalue weighted by Crippen LogP contribution is 2.22. The zero-order chi connectivity index (χ0) is 15.4. The number of hydrogen-bond donors (Lipinski definition) is 0. The number of ether oxygens (including phenoxy) is 1. The van der Waals surface area contributed by atoms with E-state index in [1.807, 2.05) is 30.7 Å². The highest BCUT2D eigenvalue weighted by Gasteiger charge is 2.18. The molecule has 0 aliphatic carbocycles. The van der Waals surface area contributed by atoms with Crippen molar-refractivity contribution in [3.63, 3.8) is 0 Å². The summed E-state index contributed by atoms with van der Waals surface area (Å²) >= 11 is 1.58. The van der Waals surface area contributed by atoms with Crippen molar-refractivity contribution in [2.24, 2.45) is 0 Å². The Morgan fingerprint density at radius 1 is 1.00 bits per heavy atom. The van der Waals surface area contributed by atoms with E-state index >= 15 is 0 Å². The second-order valence-corrected chi connectivity index (χ2v) is 5.85. The Morgan fingerprint density at radius 2 is 1.68 bits per heavy atom. The van der Waals surface area contributed by atoms with Crippen LogP contribution in [-0.4, -0.2) is 49.5 Å². The van der Waals surface area contributed by atoms with Crippen LogP contribution in [0.1, 0.15) is 0 Å². The summed E-state index contributed by atoms with van der Waals surface area (Å²) in [6, 6.07) is 10.2. The third-order valence-corrected chi connectivity index (χ3v) is 4.40. The van der Waals surface area contributed by atoms with Gasteiger partial charge in [-0.2, -0.15) is 0 Å². The van der Waals surface area contributed by atoms with Gasteiger partial charge in [-0.1, -0.05) is 11.8 Å². The lowest BCUT2D eigenvalue weighted by Crippen LogP contribution is -2.46. The lowest BCUT2D eigenvalue weighted by molar-refractivity contribution is 0.415. The van der Waals surface area contributed by atoms with Gasteiger partial charge in [0.2, 0.25) is 0 Å². The fraction of sp³-hybridized carbons (Fsp3) is 0.375. The van der Waals surface area contributed by atoms with Crippen molar-refractivity contribution in [3.8, 4) is 5.75 Å². The van der Waals surface area contributed by atoms with Crippen molar-refractivity contribution >= 4 is 23.3 Å². The van der Waals surface area contributed by atoms with Crippen LogP contribution in [-0.2, 0) is 0 Å². The molecule has 3 rings (SSSR count). The quantitative estimate of drug-likeness (QED) is 0.638. The smallest absolute Gasteiger partial charge is 0.189 e. The molecule has 1 aliphatic rings. The van der Waals surface area contributed by atoms with E-state index in [2.05, 4.69) is 31.9 Å². The number of anilines is 2. The maximum absolute atomic E-state index is 5.21. The predicted octanol–water partition coefficient (Wildman–Crippen LogP) is 2.53. The van der Waals surface area contributed by atoms with Crippen LogP contribution >= 0.6 is 11.8 Å². The molecule has 6 heteroatoms. The van der Waals surface area contributed by atoms with Crippen LogP contribution in [0.15, 0.2) is 41.7 Å². The molecule has 0 spiro atoms. The zero-order valence-electron chi connectivity index (χ0n) is 12.9. The molecule has 0 atom stereocenters. The molecule has 1 fully saturated rings. The summed E-state index contributed by atoms with van der Waals surface area (Å²) < 4.78 is 5.21. The Morgan fingerprint density at radius 3 is 2.32 bits per heavy atom. The molecule has 2 heterocycles. The molecule has 1 aromatic heterocycles. The van der Waals surface area contributed by atoms with Gasteiger partial charge in [0.25, 0.3) is 0 Å². The largest absolute Gasteiger partial charge is 0.497 e. The molecule has 0 bridgehead atoms. The van der Waals surface area contributed by atoms with Gasteiger partial charge < -0.3 is 14.5 Å². The van der Waals surface area contributed by atoms with Gasteiger partial charge in [-0.15, -0.1) is 0 Å². The SMILES string of the molecule is COc1ccc(N2CCN(c3ccnc(SC)n3)CC2)cc1. The summed E-state index contributed by atoms with van der Waals surface area (Å²) in [4.78, 5) is 13.5. The molecular formula is C16H20N4OS. The average molecular weight is 316 g/mol. The van der Waals surface area contributed by atoms with Gasteiger partial charge in [0.15, 0.2) is 5.16 Å². The highest BCUT2D eigenvalue weighted by atomic mass is 32.2. The molecule has 1 saturated heterocycles. The molecule has 22 heavy (non-hydrogen) atoms. The maximum atomic E-state index is 5.21. The van der Waals surface area contributed by atoms with Crippen molar-refractivity contribution in [3.05, 3.63) is 36.5 Å². The first-order valence-corrected chi connectivity index (χ1v) is 8.53. The molecule has 1 aliphatic heterocycles. The summed E-state index contributed by atoms with van der Waals surface area (Å²) in [5, 5.41) is 0.829. The normalized spacial score (nSPS) is 15.0. The number of hydrogen-bond acceptors (Lipinski definition) is 6. The monoisotopic (exact) mass is 316 g/mol. The number of rotatable bonds is 4. The standard InChI is InChI=1S/C16H20N4OS/c1-21-14-5-3-13(4-6-14)19-9-11-20(12-10-19)15-7-8-17-16(18-15)22-2/h3-8H,9-12H2,1-2H3. The highest BCUT2D eigenvalue weighted by molar-refractivity contribution is 7.98. The summed E-state index contributed by atoms with van der Waals surface area (Å²) in [6.45, 7) is 3.92. The Hall–Kier alpha value is -1.95. The Labute approximate surface area is 135 Å². The van der Waals surface area contributed by atoms with Gasteiger partial charge in [-0.25, -0.2) is 9.97 Å². The van der Waals surface area contributed by atoms with Crippen LogP contribution in [0.4, 0.5) is 11.5 Å². The van der Waals surface area contributed by atoms with Crippen LogP contribution in [0.2, 0.25) is 0 Å². The molecule has 2 aromatic rings. The number of nitrogens with zero attached hydrogens (tertiary/aromatic N) is 4. The zero-order valence-corrected chi connectivity index (χ0v) is 13.7. The first kappa shape index (κ1) is 15.0. The number of thioether (sulfide) groups is 1. The van der Waals surface area contributed by atoms with Crippen molar-refractivity contribution < 1.29 is 4.74 Å². The van der Waals surface area contributed by atoms with Crippen molar-refractivity contribution in [2.75, 3.05) is 49.3 Å². The molecule has 0 saturated carbocycles. The Kier molecular flexibility index (Phi) is 4.68. The van der Waals surface area contributed by atoms with Crippen LogP contribution in [0, 0.1) is 0 Å². The van der Waals surface area contributed by atoms with Crippen molar-refractivity contribution in [1.29, 1.82) is 0 Å². The molecule has 5 nitrogen and oxygen atoms in total. The minimum Gasteiger partial charge on any atom is -0.497 e. The van der Waals surface area contributed by atoms with Gasteiger partial charge in [0, 0.05) is 38.1 Å². The lowest BCUT2D eigenvalue weighted by Gasteiger charge is -2.36. The molecule has 0 radical (unpaired) electrons. The van der Waals surface area contributed by atoms with Gasteiger partial charge in [0.05, 0.1) is 7.11 Å². The molecule has 0 amide bonds. The van der Waals surface area contributed by atoms with E-state index in [1.54, 1.807) is 18.9 Å². The number of methoxy groups -OCH3 is 1. The second-order valence-electron chi connectivity index (χ2n) is 5.07. The average Bonchev–Trinajstić information content (AvgIpc) is 2.62. The fourth-order valence-corrected chi connectivity index (χ4v) is 2.94. The van der Waals surface area contributed by atoms with Gasteiger partial charge in [-0.05, 0) is 36.6 Å². The van der Waals surface area contributed by atoms with E-state index in [-0.39, 0.29) is 0 Å². The third kappa shape index (κ3) is 3.27. The van der Waals surface area contributed by atoms with Gasteiger partial charge >= 0.3 is 0 Å². The fourth-order valence-electron chi connectivity index (χ4n) is 2.59.